The van der Waals surface area contributed by atoms with Gasteiger partial charge in [-0.25, -0.2) is 0 Å². The Morgan fingerprint density at radius 1 is 1.18 bits per heavy atom. The van der Waals surface area contributed by atoms with Gasteiger partial charge in [-0.1, -0.05) is 12.1 Å². The van der Waals surface area contributed by atoms with E-state index >= 15 is 0 Å². The minimum Gasteiger partial charge on any atom is -0.395 e. The van der Waals surface area contributed by atoms with Crippen molar-refractivity contribution in [1.29, 1.82) is 0 Å². The van der Waals surface area contributed by atoms with E-state index in [1.54, 1.807) is 24.3 Å². The number of benzene rings is 1. The lowest BCUT2D eigenvalue weighted by Crippen LogP contribution is -2.36. The highest BCUT2D eigenvalue weighted by molar-refractivity contribution is 5.47. The maximum Gasteiger partial charge on any atom is 0.405 e. The summed E-state index contributed by atoms with van der Waals surface area (Å²) in [5.74, 6) is 0. The minimum absolute atomic E-state index is 0.0541. The van der Waals surface area contributed by atoms with Gasteiger partial charge in [-0.3, -0.25) is 0 Å². The van der Waals surface area contributed by atoms with Gasteiger partial charge in [0.05, 0.1) is 6.61 Å². The molecule has 0 aliphatic heterocycles. The zero-order chi connectivity index (χ0) is 12.9. The van der Waals surface area contributed by atoms with Crippen molar-refractivity contribution in [3.05, 3.63) is 29.8 Å². The van der Waals surface area contributed by atoms with Gasteiger partial charge in [-0.2, -0.15) is 13.2 Å². The molecule has 96 valence electrons. The van der Waals surface area contributed by atoms with Crippen LogP contribution in [-0.4, -0.2) is 31.0 Å². The van der Waals surface area contributed by atoms with Crippen LogP contribution in [0.3, 0.4) is 0 Å². The van der Waals surface area contributed by atoms with Crippen LogP contribution in [0.15, 0.2) is 24.3 Å². The van der Waals surface area contributed by atoms with E-state index in [0.29, 0.717) is 12.2 Å². The van der Waals surface area contributed by atoms with Gasteiger partial charge in [0.1, 0.15) is 6.54 Å². The first-order chi connectivity index (χ1) is 7.96. The third-order valence-corrected chi connectivity index (χ3v) is 2.28. The van der Waals surface area contributed by atoms with E-state index in [-0.39, 0.29) is 13.2 Å². The average molecular weight is 248 g/mol. The van der Waals surface area contributed by atoms with Gasteiger partial charge < -0.3 is 15.7 Å². The summed E-state index contributed by atoms with van der Waals surface area (Å²) < 4.78 is 37.0. The summed E-state index contributed by atoms with van der Waals surface area (Å²) in [7, 11) is 0. The van der Waals surface area contributed by atoms with Crippen molar-refractivity contribution >= 4 is 5.69 Å². The molecule has 0 saturated heterocycles. The second-order valence-corrected chi connectivity index (χ2v) is 3.63. The van der Waals surface area contributed by atoms with Crippen molar-refractivity contribution in [1.82, 2.24) is 0 Å². The van der Waals surface area contributed by atoms with E-state index in [0.717, 1.165) is 10.5 Å². The monoisotopic (exact) mass is 248 g/mol. The number of rotatable bonds is 5. The third kappa shape index (κ3) is 4.62. The Bertz CT molecular complexity index is 338. The summed E-state index contributed by atoms with van der Waals surface area (Å²) in [6.07, 6.45) is -4.29. The lowest BCUT2D eigenvalue weighted by atomic mass is 10.2. The molecule has 0 saturated carbocycles. The molecule has 1 aromatic rings. The highest BCUT2D eigenvalue weighted by atomic mass is 19.4. The van der Waals surface area contributed by atoms with Crippen molar-refractivity contribution < 1.29 is 18.3 Å². The summed E-state index contributed by atoms with van der Waals surface area (Å²) in [6, 6.07) is 6.50. The van der Waals surface area contributed by atoms with Crippen molar-refractivity contribution in [3.63, 3.8) is 0 Å². The molecule has 0 unspecified atom stereocenters. The predicted octanol–water partition coefficient (Wildman–Crippen LogP) is 1.51. The van der Waals surface area contributed by atoms with Gasteiger partial charge in [0.25, 0.3) is 0 Å². The lowest BCUT2D eigenvalue weighted by Gasteiger charge is -2.25. The summed E-state index contributed by atoms with van der Waals surface area (Å²) in [5, 5.41) is 8.77. The Balaban J connectivity index is 2.81. The van der Waals surface area contributed by atoms with Crippen molar-refractivity contribution in [3.8, 4) is 0 Å². The van der Waals surface area contributed by atoms with E-state index in [1.165, 1.54) is 0 Å². The summed E-state index contributed by atoms with van der Waals surface area (Å²) in [5.41, 5.74) is 6.68. The fourth-order valence-electron chi connectivity index (χ4n) is 1.48. The lowest BCUT2D eigenvalue weighted by molar-refractivity contribution is -0.119. The molecule has 0 fully saturated rings. The number of aliphatic hydroxyl groups is 1. The Kier molecular flexibility index (Phi) is 4.77. The number of anilines is 1. The molecular weight excluding hydrogens is 233 g/mol. The highest BCUT2D eigenvalue weighted by Crippen LogP contribution is 2.22. The molecule has 0 bridgehead atoms. The fourth-order valence-corrected chi connectivity index (χ4v) is 1.48. The van der Waals surface area contributed by atoms with Crippen LogP contribution >= 0.6 is 0 Å². The van der Waals surface area contributed by atoms with E-state index in [1.807, 2.05) is 0 Å². The number of alkyl halides is 3. The normalized spacial score (nSPS) is 11.6. The summed E-state index contributed by atoms with van der Waals surface area (Å²) in [4.78, 5) is 1.08. The van der Waals surface area contributed by atoms with Crippen molar-refractivity contribution in [2.45, 2.75) is 12.7 Å². The van der Waals surface area contributed by atoms with Crippen LogP contribution in [0.25, 0.3) is 0 Å². The summed E-state index contributed by atoms with van der Waals surface area (Å²) >= 11 is 0. The van der Waals surface area contributed by atoms with Gasteiger partial charge >= 0.3 is 6.18 Å². The first kappa shape index (κ1) is 13.8. The molecule has 0 aromatic heterocycles. The molecule has 1 rings (SSSR count). The minimum atomic E-state index is -4.29. The number of aliphatic hydroxyl groups excluding tert-OH is 1. The first-order valence-corrected chi connectivity index (χ1v) is 5.18. The Morgan fingerprint density at radius 3 is 2.18 bits per heavy atom. The van der Waals surface area contributed by atoms with Crippen molar-refractivity contribution in [2.24, 2.45) is 5.73 Å². The Labute approximate surface area is 97.6 Å². The van der Waals surface area contributed by atoms with E-state index < -0.39 is 12.7 Å². The molecule has 17 heavy (non-hydrogen) atoms. The maximum atomic E-state index is 12.3. The van der Waals surface area contributed by atoms with Gasteiger partial charge in [0.2, 0.25) is 0 Å². The topological polar surface area (TPSA) is 49.5 Å². The second kappa shape index (κ2) is 5.88. The number of hydrogen-bond donors (Lipinski definition) is 2. The Hall–Kier alpha value is -1.27. The molecule has 6 heteroatoms. The predicted molar refractivity (Wildman–Crippen MR) is 59.7 cm³/mol. The van der Waals surface area contributed by atoms with Gasteiger partial charge in [0.15, 0.2) is 0 Å². The molecule has 3 nitrogen and oxygen atoms in total. The molecule has 0 heterocycles. The number of hydrogen-bond acceptors (Lipinski definition) is 3. The molecule has 0 aliphatic carbocycles. The van der Waals surface area contributed by atoms with Crippen LogP contribution in [0.2, 0.25) is 0 Å². The van der Waals surface area contributed by atoms with Crippen molar-refractivity contribution in [2.75, 3.05) is 24.6 Å². The maximum absolute atomic E-state index is 12.3. The first-order valence-electron chi connectivity index (χ1n) is 5.18. The van der Waals surface area contributed by atoms with Crippen LogP contribution in [0.5, 0.6) is 0 Å². The molecule has 1 aromatic carbocycles. The van der Waals surface area contributed by atoms with Gasteiger partial charge in [0, 0.05) is 18.8 Å². The standard InChI is InChI=1S/C11H15F3N2O/c12-11(13,14)8-16(5-6-17)10-3-1-9(7-15)2-4-10/h1-4,17H,5-8,15H2. The largest absolute Gasteiger partial charge is 0.405 e. The van der Waals surface area contributed by atoms with Crippen LogP contribution in [0, 0.1) is 0 Å². The molecule has 0 aliphatic rings. The zero-order valence-electron chi connectivity index (χ0n) is 9.24. The van der Waals surface area contributed by atoms with Crippen LogP contribution in [0.4, 0.5) is 18.9 Å². The molecule has 0 spiro atoms. The molecule has 0 radical (unpaired) electrons. The van der Waals surface area contributed by atoms with E-state index in [2.05, 4.69) is 0 Å². The average Bonchev–Trinajstić information content (AvgIpc) is 2.27. The molecule has 0 amide bonds. The van der Waals surface area contributed by atoms with Gasteiger partial charge in [-0.05, 0) is 17.7 Å². The smallest absolute Gasteiger partial charge is 0.395 e. The molecule has 0 atom stereocenters. The van der Waals surface area contributed by atoms with Crippen LogP contribution in [0.1, 0.15) is 5.56 Å². The third-order valence-electron chi connectivity index (χ3n) is 2.28. The highest BCUT2D eigenvalue weighted by Gasteiger charge is 2.30. The van der Waals surface area contributed by atoms with E-state index in [4.69, 9.17) is 10.8 Å². The van der Waals surface area contributed by atoms with E-state index in [9.17, 15) is 13.2 Å². The number of nitrogens with two attached hydrogens (primary N) is 1. The zero-order valence-corrected chi connectivity index (χ0v) is 9.24. The second-order valence-electron chi connectivity index (χ2n) is 3.63. The van der Waals surface area contributed by atoms with Crippen LogP contribution < -0.4 is 10.6 Å². The quantitative estimate of drug-likeness (QED) is 0.830. The SMILES string of the molecule is NCc1ccc(N(CCO)CC(F)(F)F)cc1. The molecule has 3 N–H and O–H groups in total. The van der Waals surface area contributed by atoms with Gasteiger partial charge in [-0.15, -0.1) is 0 Å². The van der Waals surface area contributed by atoms with Crippen LogP contribution in [-0.2, 0) is 6.54 Å². The number of halogens is 3. The fraction of sp³-hybridized carbons (Fsp3) is 0.455. The Morgan fingerprint density at radius 2 is 1.76 bits per heavy atom. The molecular formula is C11H15F3N2O. The summed E-state index contributed by atoms with van der Waals surface area (Å²) in [6.45, 7) is -1.11. The number of nitrogens with zero attached hydrogens (tertiary/aromatic N) is 1.